The third-order valence-corrected chi connectivity index (χ3v) is 3.58. The number of benzene rings is 1. The van der Waals surface area contributed by atoms with Crippen molar-refractivity contribution in [1.29, 1.82) is 0 Å². The maximum absolute atomic E-state index is 12.0. The average Bonchev–Trinajstić information content (AvgIpc) is 2.45. The molecule has 0 radical (unpaired) electrons. The molecule has 0 aromatic heterocycles. The van der Waals surface area contributed by atoms with Gasteiger partial charge in [-0.25, -0.2) is 0 Å². The number of ether oxygens (including phenoxy) is 1. The highest BCUT2D eigenvalue weighted by Crippen LogP contribution is 2.15. The summed E-state index contributed by atoms with van der Waals surface area (Å²) in [6.07, 6.45) is -0.924. The molecule has 0 saturated carbocycles. The molecule has 6 heteroatoms. The summed E-state index contributed by atoms with van der Waals surface area (Å²) >= 11 is 5.79. The van der Waals surface area contributed by atoms with Gasteiger partial charge in [-0.3, -0.25) is 4.79 Å². The smallest absolute Gasteiger partial charge is 0.239 e. The van der Waals surface area contributed by atoms with Gasteiger partial charge >= 0.3 is 0 Å². The highest BCUT2D eigenvalue weighted by atomic mass is 35.5. The molecular formula is C14H19ClN2O3. The quantitative estimate of drug-likeness (QED) is 0.771. The molecule has 1 aliphatic heterocycles. The second kappa shape index (κ2) is 7.04. The molecule has 1 aromatic carbocycles. The second-order valence-corrected chi connectivity index (χ2v) is 5.26. The van der Waals surface area contributed by atoms with E-state index in [0.29, 0.717) is 18.2 Å². The molecule has 1 fully saturated rings. The summed E-state index contributed by atoms with van der Waals surface area (Å²) in [5, 5.41) is 16.5. The average molecular weight is 299 g/mol. The third-order valence-electron chi connectivity index (χ3n) is 3.32. The van der Waals surface area contributed by atoms with Crippen LogP contribution in [0.5, 0.6) is 0 Å². The van der Waals surface area contributed by atoms with Gasteiger partial charge in [0.25, 0.3) is 0 Å². The Labute approximate surface area is 123 Å². The Morgan fingerprint density at radius 2 is 2.25 bits per heavy atom. The minimum atomic E-state index is -0.754. The Kier molecular flexibility index (Phi) is 5.37. The van der Waals surface area contributed by atoms with E-state index in [-0.39, 0.29) is 24.6 Å². The first-order valence-electron chi connectivity index (χ1n) is 6.64. The highest BCUT2D eigenvalue weighted by molar-refractivity contribution is 6.30. The molecule has 1 amide bonds. The SMILES string of the molecule is C[C@H]1OCCN[C@@H]1C(=O)NCC(O)c1ccc(Cl)cc1. The van der Waals surface area contributed by atoms with Crippen molar-refractivity contribution in [3.63, 3.8) is 0 Å². The molecule has 5 nitrogen and oxygen atoms in total. The van der Waals surface area contributed by atoms with Crippen LogP contribution in [0.2, 0.25) is 5.02 Å². The minimum absolute atomic E-state index is 0.158. The van der Waals surface area contributed by atoms with Crippen molar-refractivity contribution in [3.8, 4) is 0 Å². The molecule has 1 unspecified atom stereocenters. The molecular weight excluding hydrogens is 280 g/mol. The van der Waals surface area contributed by atoms with Gasteiger partial charge in [0.05, 0.1) is 18.8 Å². The maximum Gasteiger partial charge on any atom is 0.239 e. The zero-order valence-electron chi connectivity index (χ0n) is 11.3. The molecule has 0 bridgehead atoms. The fourth-order valence-electron chi connectivity index (χ4n) is 2.14. The zero-order valence-corrected chi connectivity index (χ0v) is 12.1. The summed E-state index contributed by atoms with van der Waals surface area (Å²) in [6, 6.07) is 6.52. The van der Waals surface area contributed by atoms with Gasteiger partial charge in [-0.2, -0.15) is 0 Å². The number of carbonyl (C=O) groups is 1. The molecule has 1 aliphatic rings. The van der Waals surface area contributed by atoms with Gasteiger partial charge in [0, 0.05) is 18.1 Å². The number of hydrogen-bond acceptors (Lipinski definition) is 4. The number of aliphatic hydroxyl groups is 1. The molecule has 3 atom stereocenters. The van der Waals surface area contributed by atoms with Crippen molar-refractivity contribution < 1.29 is 14.6 Å². The molecule has 20 heavy (non-hydrogen) atoms. The van der Waals surface area contributed by atoms with Gasteiger partial charge in [-0.05, 0) is 24.6 Å². The second-order valence-electron chi connectivity index (χ2n) is 4.82. The lowest BCUT2D eigenvalue weighted by molar-refractivity contribution is -0.129. The van der Waals surface area contributed by atoms with Crippen LogP contribution in [0.3, 0.4) is 0 Å². The Hall–Kier alpha value is -1.14. The topological polar surface area (TPSA) is 70.6 Å². The lowest BCUT2D eigenvalue weighted by atomic mass is 10.1. The van der Waals surface area contributed by atoms with Crippen molar-refractivity contribution in [2.24, 2.45) is 0 Å². The van der Waals surface area contributed by atoms with Crippen LogP contribution in [-0.2, 0) is 9.53 Å². The first-order valence-corrected chi connectivity index (χ1v) is 7.02. The first kappa shape index (κ1) is 15.3. The number of aliphatic hydroxyl groups excluding tert-OH is 1. The molecule has 2 rings (SSSR count). The number of hydrogen-bond donors (Lipinski definition) is 3. The van der Waals surface area contributed by atoms with E-state index in [0.717, 1.165) is 5.56 Å². The highest BCUT2D eigenvalue weighted by Gasteiger charge is 2.28. The summed E-state index contributed by atoms with van der Waals surface area (Å²) in [5.41, 5.74) is 0.718. The standard InChI is InChI=1S/C14H19ClN2O3/c1-9-13(16-6-7-20-9)14(19)17-8-12(18)10-2-4-11(15)5-3-10/h2-5,9,12-13,16,18H,6-8H2,1H3,(H,17,19)/t9-,12?,13+/m1/s1. The Balaban J connectivity index is 1.84. The van der Waals surface area contributed by atoms with Gasteiger partial charge < -0.3 is 20.5 Å². The normalized spacial score (nSPS) is 24.1. The summed E-state index contributed by atoms with van der Waals surface area (Å²) in [5.74, 6) is -0.162. The number of nitrogens with one attached hydrogen (secondary N) is 2. The van der Waals surface area contributed by atoms with Gasteiger partial charge in [-0.15, -0.1) is 0 Å². The van der Waals surface area contributed by atoms with Crippen LogP contribution in [-0.4, -0.2) is 42.9 Å². The van der Waals surface area contributed by atoms with Crippen molar-refractivity contribution in [2.75, 3.05) is 19.7 Å². The molecule has 1 saturated heterocycles. The predicted octanol–water partition coefficient (Wildman–Crippen LogP) is 0.867. The molecule has 1 heterocycles. The number of halogens is 1. The summed E-state index contributed by atoms with van der Waals surface area (Å²) in [4.78, 5) is 12.0. The van der Waals surface area contributed by atoms with E-state index in [1.807, 2.05) is 6.92 Å². The van der Waals surface area contributed by atoms with Crippen molar-refractivity contribution in [2.45, 2.75) is 25.2 Å². The summed E-state index contributed by atoms with van der Waals surface area (Å²) in [6.45, 7) is 3.28. The van der Waals surface area contributed by atoms with E-state index in [2.05, 4.69) is 10.6 Å². The summed E-state index contributed by atoms with van der Waals surface area (Å²) in [7, 11) is 0. The van der Waals surface area contributed by atoms with Crippen LogP contribution >= 0.6 is 11.6 Å². The Morgan fingerprint density at radius 1 is 1.55 bits per heavy atom. The van der Waals surface area contributed by atoms with Crippen molar-refractivity contribution in [3.05, 3.63) is 34.9 Å². The van der Waals surface area contributed by atoms with E-state index in [1.165, 1.54) is 0 Å². The fourth-order valence-corrected chi connectivity index (χ4v) is 2.26. The van der Waals surface area contributed by atoms with E-state index >= 15 is 0 Å². The molecule has 110 valence electrons. The molecule has 0 aliphatic carbocycles. The van der Waals surface area contributed by atoms with E-state index in [9.17, 15) is 9.90 Å². The number of amides is 1. The lowest BCUT2D eigenvalue weighted by Crippen LogP contribution is -2.55. The van der Waals surface area contributed by atoms with Crippen LogP contribution in [0.1, 0.15) is 18.6 Å². The Morgan fingerprint density at radius 3 is 2.90 bits per heavy atom. The van der Waals surface area contributed by atoms with Crippen LogP contribution in [0.25, 0.3) is 0 Å². The third kappa shape index (κ3) is 3.93. The largest absolute Gasteiger partial charge is 0.387 e. The first-order chi connectivity index (χ1) is 9.58. The number of morpholine rings is 1. The zero-order chi connectivity index (χ0) is 14.5. The van der Waals surface area contributed by atoms with Gasteiger partial charge in [0.2, 0.25) is 5.91 Å². The van der Waals surface area contributed by atoms with Crippen LogP contribution < -0.4 is 10.6 Å². The van der Waals surface area contributed by atoms with Gasteiger partial charge in [0.15, 0.2) is 0 Å². The van der Waals surface area contributed by atoms with E-state index in [4.69, 9.17) is 16.3 Å². The monoisotopic (exact) mass is 298 g/mol. The van der Waals surface area contributed by atoms with Gasteiger partial charge in [-0.1, -0.05) is 23.7 Å². The molecule has 3 N–H and O–H groups in total. The van der Waals surface area contributed by atoms with E-state index in [1.54, 1.807) is 24.3 Å². The lowest BCUT2D eigenvalue weighted by Gasteiger charge is -2.29. The maximum atomic E-state index is 12.0. The Bertz CT molecular complexity index is 452. The fraction of sp³-hybridized carbons (Fsp3) is 0.500. The van der Waals surface area contributed by atoms with Crippen LogP contribution in [0, 0.1) is 0 Å². The number of rotatable bonds is 4. The number of carbonyl (C=O) groups excluding carboxylic acids is 1. The predicted molar refractivity (Wildman–Crippen MR) is 76.6 cm³/mol. The van der Waals surface area contributed by atoms with Crippen LogP contribution in [0.15, 0.2) is 24.3 Å². The van der Waals surface area contributed by atoms with E-state index < -0.39 is 6.10 Å². The minimum Gasteiger partial charge on any atom is -0.387 e. The molecule has 0 spiro atoms. The van der Waals surface area contributed by atoms with Crippen molar-refractivity contribution >= 4 is 17.5 Å². The molecule has 1 aromatic rings. The summed E-state index contributed by atoms with van der Waals surface area (Å²) < 4.78 is 5.42. The van der Waals surface area contributed by atoms with Crippen LogP contribution in [0.4, 0.5) is 0 Å². The van der Waals surface area contributed by atoms with Crippen molar-refractivity contribution in [1.82, 2.24) is 10.6 Å². The van der Waals surface area contributed by atoms with Gasteiger partial charge in [0.1, 0.15) is 6.04 Å².